The predicted octanol–water partition coefficient (Wildman–Crippen LogP) is 5.35. The van der Waals surface area contributed by atoms with Crippen LogP contribution in [0.2, 0.25) is 5.02 Å². The van der Waals surface area contributed by atoms with E-state index in [2.05, 4.69) is 21.2 Å². The van der Waals surface area contributed by atoms with Crippen LogP contribution < -0.4 is 10.1 Å². The zero-order chi connectivity index (χ0) is 15.0. The number of hydrogen-bond acceptors (Lipinski definition) is 2. The second kappa shape index (κ2) is 5.85. The molecule has 1 unspecified atom stereocenters. The highest BCUT2D eigenvalue weighted by atomic mass is 79.9. The van der Waals surface area contributed by atoms with Crippen LogP contribution in [0, 0.1) is 5.82 Å². The standard InChI is InChI=1S/C16H14BrClFNO/c1-21-14-8-12(17)15(18)11-6-7-13(20-16(11)14)9-2-4-10(19)5-3-9/h2-5,8,13,20H,6-7H2,1H3. The summed E-state index contributed by atoms with van der Waals surface area (Å²) in [5, 5.41) is 4.19. The Hall–Kier alpha value is -1.26. The molecule has 0 saturated heterocycles. The van der Waals surface area contributed by atoms with E-state index in [4.69, 9.17) is 16.3 Å². The van der Waals surface area contributed by atoms with Crippen molar-refractivity contribution in [3.8, 4) is 5.75 Å². The van der Waals surface area contributed by atoms with Crippen molar-refractivity contribution < 1.29 is 9.13 Å². The van der Waals surface area contributed by atoms with Crippen LogP contribution in [-0.2, 0) is 6.42 Å². The molecule has 0 saturated carbocycles. The lowest BCUT2D eigenvalue weighted by Gasteiger charge is -2.29. The fourth-order valence-electron chi connectivity index (χ4n) is 2.69. The lowest BCUT2D eigenvalue weighted by Crippen LogP contribution is -2.19. The maximum absolute atomic E-state index is 13.0. The highest BCUT2D eigenvalue weighted by Gasteiger charge is 2.25. The Bertz CT molecular complexity index is 675. The summed E-state index contributed by atoms with van der Waals surface area (Å²) in [5.41, 5.74) is 3.04. The molecule has 1 N–H and O–H groups in total. The molecule has 0 aliphatic carbocycles. The molecule has 2 nitrogen and oxygen atoms in total. The van der Waals surface area contributed by atoms with Gasteiger partial charge in [0.15, 0.2) is 0 Å². The Balaban J connectivity index is 1.98. The average molecular weight is 371 g/mol. The van der Waals surface area contributed by atoms with Gasteiger partial charge in [-0.05, 0) is 58.1 Å². The maximum atomic E-state index is 13.0. The van der Waals surface area contributed by atoms with Gasteiger partial charge in [0.25, 0.3) is 0 Å². The minimum Gasteiger partial charge on any atom is -0.495 e. The van der Waals surface area contributed by atoms with E-state index in [0.29, 0.717) is 0 Å². The lowest BCUT2D eigenvalue weighted by molar-refractivity contribution is 0.414. The van der Waals surface area contributed by atoms with Gasteiger partial charge >= 0.3 is 0 Å². The van der Waals surface area contributed by atoms with Gasteiger partial charge in [-0.2, -0.15) is 0 Å². The van der Waals surface area contributed by atoms with Crippen LogP contribution in [0.15, 0.2) is 34.8 Å². The summed E-state index contributed by atoms with van der Waals surface area (Å²) < 4.78 is 19.3. The van der Waals surface area contributed by atoms with Crippen molar-refractivity contribution in [2.75, 3.05) is 12.4 Å². The summed E-state index contributed by atoms with van der Waals surface area (Å²) in [6, 6.07) is 8.58. The van der Waals surface area contributed by atoms with Gasteiger partial charge < -0.3 is 10.1 Å². The minimum absolute atomic E-state index is 0.129. The summed E-state index contributed by atoms with van der Waals surface area (Å²) in [6.07, 6.45) is 1.75. The Morgan fingerprint density at radius 2 is 2.05 bits per heavy atom. The fourth-order valence-corrected chi connectivity index (χ4v) is 3.38. The molecule has 2 aromatic rings. The molecule has 1 aliphatic rings. The molecule has 0 aromatic heterocycles. The molecule has 0 radical (unpaired) electrons. The monoisotopic (exact) mass is 369 g/mol. The lowest BCUT2D eigenvalue weighted by atomic mass is 9.93. The van der Waals surface area contributed by atoms with Crippen LogP contribution in [0.5, 0.6) is 5.75 Å². The molecule has 110 valence electrons. The molecular formula is C16H14BrClFNO. The summed E-state index contributed by atoms with van der Waals surface area (Å²) in [7, 11) is 1.64. The van der Waals surface area contributed by atoms with Crippen molar-refractivity contribution >= 4 is 33.2 Å². The van der Waals surface area contributed by atoms with Crippen LogP contribution in [0.3, 0.4) is 0 Å². The topological polar surface area (TPSA) is 21.3 Å². The van der Waals surface area contributed by atoms with Crippen LogP contribution in [0.1, 0.15) is 23.6 Å². The molecule has 0 fully saturated rings. The van der Waals surface area contributed by atoms with Crippen LogP contribution in [0.25, 0.3) is 0 Å². The van der Waals surface area contributed by atoms with E-state index in [1.54, 1.807) is 7.11 Å². The molecular weight excluding hydrogens is 357 g/mol. The number of benzene rings is 2. The second-order valence-electron chi connectivity index (χ2n) is 5.02. The predicted molar refractivity (Wildman–Crippen MR) is 86.8 cm³/mol. The first kappa shape index (κ1) is 14.7. The molecule has 0 spiro atoms. The third-order valence-electron chi connectivity index (χ3n) is 3.77. The molecule has 2 aromatic carbocycles. The first-order valence-corrected chi connectivity index (χ1v) is 7.84. The van der Waals surface area contributed by atoms with Gasteiger partial charge in [0.05, 0.1) is 23.9 Å². The van der Waals surface area contributed by atoms with Gasteiger partial charge in [0.2, 0.25) is 0 Å². The number of anilines is 1. The summed E-state index contributed by atoms with van der Waals surface area (Å²) in [6.45, 7) is 0. The van der Waals surface area contributed by atoms with Gasteiger partial charge in [-0.3, -0.25) is 0 Å². The molecule has 3 rings (SSSR count). The quantitative estimate of drug-likeness (QED) is 0.769. The van der Waals surface area contributed by atoms with E-state index in [1.165, 1.54) is 12.1 Å². The summed E-state index contributed by atoms with van der Waals surface area (Å²) in [4.78, 5) is 0. The van der Waals surface area contributed by atoms with Crippen LogP contribution in [-0.4, -0.2) is 7.11 Å². The second-order valence-corrected chi connectivity index (χ2v) is 6.25. The van der Waals surface area contributed by atoms with Gasteiger partial charge in [-0.15, -0.1) is 0 Å². The first-order chi connectivity index (χ1) is 10.1. The molecule has 1 aliphatic heterocycles. The van der Waals surface area contributed by atoms with Crippen molar-refractivity contribution in [1.82, 2.24) is 0 Å². The van der Waals surface area contributed by atoms with E-state index >= 15 is 0 Å². The van der Waals surface area contributed by atoms with Crippen molar-refractivity contribution in [3.63, 3.8) is 0 Å². The van der Waals surface area contributed by atoms with Crippen LogP contribution in [0.4, 0.5) is 10.1 Å². The van der Waals surface area contributed by atoms with E-state index in [9.17, 15) is 4.39 Å². The summed E-state index contributed by atoms with van der Waals surface area (Å²) >= 11 is 9.82. The molecule has 21 heavy (non-hydrogen) atoms. The molecule has 1 heterocycles. The Kier molecular flexibility index (Phi) is 4.09. The van der Waals surface area contributed by atoms with Gasteiger partial charge in [0, 0.05) is 4.47 Å². The minimum atomic E-state index is -0.223. The van der Waals surface area contributed by atoms with Gasteiger partial charge in [0.1, 0.15) is 11.6 Å². The third-order valence-corrected chi connectivity index (χ3v) is 5.06. The number of hydrogen-bond donors (Lipinski definition) is 1. The normalized spacial score (nSPS) is 17.0. The Morgan fingerprint density at radius 1 is 1.33 bits per heavy atom. The number of nitrogens with one attached hydrogen (secondary N) is 1. The van der Waals surface area contributed by atoms with E-state index in [-0.39, 0.29) is 11.9 Å². The number of rotatable bonds is 2. The van der Waals surface area contributed by atoms with Crippen molar-refractivity contribution in [2.24, 2.45) is 0 Å². The van der Waals surface area contributed by atoms with Gasteiger partial charge in [-0.25, -0.2) is 4.39 Å². The highest BCUT2D eigenvalue weighted by molar-refractivity contribution is 9.10. The number of ether oxygens (including phenoxy) is 1. The zero-order valence-electron chi connectivity index (χ0n) is 11.4. The largest absolute Gasteiger partial charge is 0.495 e. The van der Waals surface area contributed by atoms with Crippen LogP contribution >= 0.6 is 27.5 Å². The number of methoxy groups -OCH3 is 1. The van der Waals surface area contributed by atoms with E-state index in [1.807, 2.05) is 18.2 Å². The van der Waals surface area contributed by atoms with E-state index < -0.39 is 0 Å². The molecule has 0 bridgehead atoms. The van der Waals surface area contributed by atoms with Crippen molar-refractivity contribution in [3.05, 3.63) is 56.8 Å². The summed E-state index contributed by atoms with van der Waals surface area (Å²) in [5.74, 6) is 0.535. The average Bonchev–Trinajstić information content (AvgIpc) is 2.51. The molecule has 0 amide bonds. The van der Waals surface area contributed by atoms with E-state index in [0.717, 1.165) is 44.9 Å². The molecule has 5 heteroatoms. The first-order valence-electron chi connectivity index (χ1n) is 6.67. The van der Waals surface area contributed by atoms with Crippen molar-refractivity contribution in [2.45, 2.75) is 18.9 Å². The molecule has 1 atom stereocenters. The highest BCUT2D eigenvalue weighted by Crippen LogP contribution is 2.45. The zero-order valence-corrected chi connectivity index (χ0v) is 13.8. The fraction of sp³-hybridized carbons (Fsp3) is 0.250. The Morgan fingerprint density at radius 3 is 2.71 bits per heavy atom. The van der Waals surface area contributed by atoms with Gasteiger partial charge in [-0.1, -0.05) is 23.7 Å². The number of fused-ring (bicyclic) bond motifs is 1. The van der Waals surface area contributed by atoms with Crippen molar-refractivity contribution in [1.29, 1.82) is 0 Å². The SMILES string of the molecule is COc1cc(Br)c(Cl)c2c1NC(c1ccc(F)cc1)CC2. The Labute approximate surface area is 136 Å². The third kappa shape index (κ3) is 2.74. The number of halogens is 3. The smallest absolute Gasteiger partial charge is 0.143 e. The maximum Gasteiger partial charge on any atom is 0.143 e.